The van der Waals surface area contributed by atoms with Gasteiger partial charge in [-0.1, -0.05) is 32.4 Å². The Morgan fingerprint density at radius 2 is 2.06 bits per heavy atom. The highest BCUT2D eigenvalue weighted by molar-refractivity contribution is 5.79. The van der Waals surface area contributed by atoms with Gasteiger partial charge in [-0.2, -0.15) is 0 Å². The van der Waals surface area contributed by atoms with Gasteiger partial charge in [0.1, 0.15) is 0 Å². The van der Waals surface area contributed by atoms with Crippen molar-refractivity contribution in [3.8, 4) is 0 Å². The first-order valence-corrected chi connectivity index (χ1v) is 7.14. The van der Waals surface area contributed by atoms with Crippen molar-refractivity contribution in [2.45, 2.75) is 53.4 Å². The number of methoxy groups -OCH3 is 1. The van der Waals surface area contributed by atoms with Crippen LogP contribution in [-0.4, -0.2) is 13.1 Å². The number of rotatable bonds is 1. The molecule has 3 unspecified atom stereocenters. The van der Waals surface area contributed by atoms with E-state index in [1.807, 2.05) is 0 Å². The lowest BCUT2D eigenvalue weighted by Crippen LogP contribution is -2.53. The molecule has 0 bridgehead atoms. The Balaban J connectivity index is 2.48. The smallest absolute Gasteiger partial charge is 0.312 e. The molecule has 0 amide bonds. The Labute approximate surface area is 111 Å². The monoisotopic (exact) mass is 250 g/mol. The summed E-state index contributed by atoms with van der Waals surface area (Å²) in [5.41, 5.74) is 1.00. The first-order chi connectivity index (χ1) is 8.35. The Morgan fingerprint density at radius 3 is 2.67 bits per heavy atom. The van der Waals surface area contributed by atoms with Crippen LogP contribution in [0.5, 0.6) is 0 Å². The average Bonchev–Trinajstić information content (AvgIpc) is 2.35. The molecule has 2 aliphatic rings. The zero-order valence-electron chi connectivity index (χ0n) is 12.4. The molecule has 0 heterocycles. The minimum Gasteiger partial charge on any atom is -0.469 e. The van der Waals surface area contributed by atoms with Gasteiger partial charge in [-0.3, -0.25) is 4.79 Å². The second kappa shape index (κ2) is 4.40. The van der Waals surface area contributed by atoms with Gasteiger partial charge >= 0.3 is 5.97 Å². The van der Waals surface area contributed by atoms with Crippen molar-refractivity contribution in [2.75, 3.05) is 7.11 Å². The highest BCUT2D eigenvalue weighted by Gasteiger charge is 2.57. The van der Waals surface area contributed by atoms with Crippen LogP contribution < -0.4 is 0 Å². The van der Waals surface area contributed by atoms with E-state index in [0.717, 1.165) is 6.42 Å². The third-order valence-electron chi connectivity index (χ3n) is 5.81. The van der Waals surface area contributed by atoms with Gasteiger partial charge in [0, 0.05) is 5.41 Å². The molecule has 102 valence electrons. The summed E-state index contributed by atoms with van der Waals surface area (Å²) in [5, 5.41) is 0. The number of hydrogen-bond acceptors (Lipinski definition) is 2. The number of carbonyl (C=O) groups is 1. The molecule has 18 heavy (non-hydrogen) atoms. The van der Waals surface area contributed by atoms with Crippen LogP contribution in [0.2, 0.25) is 0 Å². The van der Waals surface area contributed by atoms with Crippen molar-refractivity contribution in [3.63, 3.8) is 0 Å². The molecule has 3 atom stereocenters. The number of esters is 1. The van der Waals surface area contributed by atoms with Gasteiger partial charge in [-0.25, -0.2) is 0 Å². The second-order valence-corrected chi connectivity index (χ2v) is 6.74. The van der Waals surface area contributed by atoms with Gasteiger partial charge < -0.3 is 4.74 Å². The van der Waals surface area contributed by atoms with Crippen molar-refractivity contribution < 1.29 is 9.53 Å². The van der Waals surface area contributed by atoms with Crippen LogP contribution in [0.25, 0.3) is 0 Å². The molecule has 0 saturated heterocycles. The molecule has 2 aliphatic carbocycles. The summed E-state index contributed by atoms with van der Waals surface area (Å²) < 4.78 is 5.11. The average molecular weight is 250 g/mol. The number of ether oxygens (including phenoxy) is 1. The maximum Gasteiger partial charge on any atom is 0.312 e. The quantitative estimate of drug-likeness (QED) is 0.520. The highest BCUT2D eigenvalue weighted by atomic mass is 16.5. The Morgan fingerprint density at radius 1 is 1.39 bits per heavy atom. The fraction of sp³-hybridized carbons (Fsp3) is 0.812. The Hall–Kier alpha value is -0.790. The first-order valence-electron chi connectivity index (χ1n) is 7.14. The molecule has 0 aromatic heterocycles. The largest absolute Gasteiger partial charge is 0.469 e. The molecule has 1 fully saturated rings. The zero-order valence-corrected chi connectivity index (χ0v) is 12.4. The molecule has 0 aromatic carbocycles. The normalized spacial score (nSPS) is 38.6. The summed E-state index contributed by atoms with van der Waals surface area (Å²) in [4.78, 5) is 12.3. The fourth-order valence-electron chi connectivity index (χ4n) is 4.20. The lowest BCUT2D eigenvalue weighted by atomic mass is 9.48. The number of hydrogen-bond donors (Lipinski definition) is 0. The van der Waals surface area contributed by atoms with E-state index < -0.39 is 5.41 Å². The molecular formula is C16H26O2. The van der Waals surface area contributed by atoms with Crippen LogP contribution in [0.3, 0.4) is 0 Å². The van der Waals surface area contributed by atoms with Crippen molar-refractivity contribution in [2.24, 2.45) is 22.7 Å². The third-order valence-corrected chi connectivity index (χ3v) is 5.81. The summed E-state index contributed by atoms with van der Waals surface area (Å²) in [6.45, 7) is 8.76. The predicted octanol–water partition coefficient (Wildman–Crippen LogP) is 3.96. The predicted molar refractivity (Wildman–Crippen MR) is 73.1 cm³/mol. The lowest BCUT2D eigenvalue weighted by molar-refractivity contribution is -0.166. The summed E-state index contributed by atoms with van der Waals surface area (Å²) in [5.74, 6) is 1.01. The Kier molecular flexibility index (Phi) is 3.33. The van der Waals surface area contributed by atoms with E-state index in [2.05, 4.69) is 33.8 Å². The lowest BCUT2D eigenvalue weighted by Gasteiger charge is -2.55. The Bertz CT molecular complexity index is 381. The van der Waals surface area contributed by atoms with Crippen molar-refractivity contribution in [3.05, 3.63) is 11.6 Å². The summed E-state index contributed by atoms with van der Waals surface area (Å²) >= 11 is 0. The maximum atomic E-state index is 12.3. The minimum atomic E-state index is -0.401. The molecule has 2 rings (SSSR count). The van der Waals surface area contributed by atoms with Crippen LogP contribution in [0.15, 0.2) is 11.6 Å². The summed E-state index contributed by atoms with van der Waals surface area (Å²) in [6, 6.07) is 0. The highest BCUT2D eigenvalue weighted by Crippen LogP contribution is 2.60. The molecule has 0 aromatic rings. The summed E-state index contributed by atoms with van der Waals surface area (Å²) in [6.07, 6.45) is 7.27. The molecule has 0 N–H and O–H groups in total. The maximum absolute atomic E-state index is 12.3. The summed E-state index contributed by atoms with van der Waals surface area (Å²) in [7, 11) is 1.51. The number of carbonyl (C=O) groups excluding carboxylic acids is 1. The van der Waals surface area contributed by atoms with E-state index in [1.165, 1.54) is 31.9 Å². The molecular weight excluding hydrogens is 224 g/mol. The molecule has 1 saturated carbocycles. The second-order valence-electron chi connectivity index (χ2n) is 6.74. The first kappa shape index (κ1) is 13.6. The van der Waals surface area contributed by atoms with Gasteiger partial charge in [0.15, 0.2) is 0 Å². The fourth-order valence-corrected chi connectivity index (χ4v) is 4.20. The third kappa shape index (κ3) is 1.64. The van der Waals surface area contributed by atoms with E-state index >= 15 is 0 Å². The molecule has 2 nitrogen and oxygen atoms in total. The molecule has 0 radical (unpaired) electrons. The molecule has 0 aliphatic heterocycles. The van der Waals surface area contributed by atoms with Crippen molar-refractivity contribution in [1.82, 2.24) is 0 Å². The van der Waals surface area contributed by atoms with Gasteiger partial charge in [-0.05, 0) is 44.4 Å². The van der Waals surface area contributed by atoms with E-state index in [0.29, 0.717) is 11.8 Å². The van der Waals surface area contributed by atoms with Gasteiger partial charge in [0.25, 0.3) is 0 Å². The standard InChI is InChI=1S/C16H26O2/c1-11-10-12-8-6-7-9-13(12)15(2,3)16(11,4)14(17)18-5/h9,11-12H,6-8,10H2,1-5H3. The van der Waals surface area contributed by atoms with Gasteiger partial charge in [0.2, 0.25) is 0 Å². The van der Waals surface area contributed by atoms with E-state index in [4.69, 9.17) is 4.74 Å². The van der Waals surface area contributed by atoms with E-state index in [-0.39, 0.29) is 11.4 Å². The van der Waals surface area contributed by atoms with Crippen molar-refractivity contribution >= 4 is 5.97 Å². The molecule has 0 spiro atoms. The van der Waals surface area contributed by atoms with Crippen LogP contribution >= 0.6 is 0 Å². The van der Waals surface area contributed by atoms with Crippen LogP contribution in [0.4, 0.5) is 0 Å². The van der Waals surface area contributed by atoms with E-state index in [1.54, 1.807) is 0 Å². The van der Waals surface area contributed by atoms with Crippen LogP contribution in [-0.2, 0) is 9.53 Å². The van der Waals surface area contributed by atoms with E-state index in [9.17, 15) is 4.79 Å². The number of allylic oxidation sites excluding steroid dienone is 2. The SMILES string of the molecule is COC(=O)C1(C)C(C)CC2CCCC=C2C1(C)C. The number of fused-ring (bicyclic) bond motifs is 1. The van der Waals surface area contributed by atoms with Crippen LogP contribution in [0, 0.1) is 22.7 Å². The van der Waals surface area contributed by atoms with Crippen LogP contribution in [0.1, 0.15) is 53.4 Å². The van der Waals surface area contributed by atoms with Gasteiger partial charge in [-0.15, -0.1) is 0 Å². The minimum absolute atomic E-state index is 0.0510. The zero-order chi connectivity index (χ0) is 13.6. The van der Waals surface area contributed by atoms with Gasteiger partial charge in [0.05, 0.1) is 12.5 Å². The topological polar surface area (TPSA) is 26.3 Å². The van der Waals surface area contributed by atoms with Crippen molar-refractivity contribution in [1.29, 1.82) is 0 Å². The molecule has 2 heteroatoms.